The van der Waals surface area contributed by atoms with E-state index in [-0.39, 0.29) is 0 Å². The molecule has 0 saturated carbocycles. The average Bonchev–Trinajstić information content (AvgIpc) is 2.43. The van der Waals surface area contributed by atoms with Gasteiger partial charge in [0.25, 0.3) is 0 Å². The van der Waals surface area contributed by atoms with Gasteiger partial charge in [0.2, 0.25) is 11.8 Å². The van der Waals surface area contributed by atoms with E-state index in [2.05, 4.69) is 4.98 Å². The molecule has 2 N–H and O–H groups in total. The highest BCUT2D eigenvalue weighted by atomic mass is 35.5. The fraction of sp³-hybridized carbons (Fsp3) is 0.214. The molecule has 1 heterocycles. The van der Waals surface area contributed by atoms with Crippen LogP contribution in [0.4, 0.5) is 5.69 Å². The minimum atomic E-state index is 0.342. The van der Waals surface area contributed by atoms with Crippen LogP contribution in [0.15, 0.2) is 30.3 Å². The number of pyridine rings is 1. The van der Waals surface area contributed by atoms with Crippen molar-refractivity contribution in [3.63, 3.8) is 0 Å². The van der Waals surface area contributed by atoms with Crippen molar-refractivity contribution in [1.29, 1.82) is 0 Å². The Bertz CT molecular complexity index is 606. The van der Waals surface area contributed by atoms with E-state index in [4.69, 9.17) is 38.4 Å². The molecule has 2 aromatic rings. The van der Waals surface area contributed by atoms with Crippen molar-refractivity contribution in [2.24, 2.45) is 0 Å². The second-order valence-corrected chi connectivity index (χ2v) is 4.91. The fourth-order valence-corrected chi connectivity index (χ4v) is 1.79. The fourth-order valence-electron chi connectivity index (χ4n) is 1.47. The molecule has 0 aliphatic carbocycles. The van der Waals surface area contributed by atoms with Crippen molar-refractivity contribution in [1.82, 2.24) is 4.98 Å². The van der Waals surface area contributed by atoms with Crippen LogP contribution in [0, 0.1) is 0 Å². The Hall–Kier alpha value is -1.65. The number of nitrogen functional groups attached to an aromatic ring is 1. The maximum absolute atomic E-state index is 6.03. The molecule has 0 fully saturated rings. The zero-order chi connectivity index (χ0) is 14.5. The maximum atomic E-state index is 6.03. The number of hydrogen-bond donors (Lipinski definition) is 1. The van der Waals surface area contributed by atoms with Gasteiger partial charge in [-0.1, -0.05) is 30.1 Å². The first kappa shape index (κ1) is 14.8. The van der Waals surface area contributed by atoms with Crippen LogP contribution in [-0.4, -0.2) is 11.6 Å². The van der Waals surface area contributed by atoms with Crippen LogP contribution in [0.25, 0.3) is 0 Å². The van der Waals surface area contributed by atoms with Crippen LogP contribution in [0.3, 0.4) is 0 Å². The van der Waals surface area contributed by atoms with Gasteiger partial charge in [0.05, 0.1) is 17.3 Å². The van der Waals surface area contributed by atoms with Crippen LogP contribution >= 0.6 is 23.2 Å². The number of nitrogens with two attached hydrogens (primary N) is 1. The smallest absolute Gasteiger partial charge is 0.240 e. The molecule has 106 valence electrons. The first-order valence-corrected chi connectivity index (χ1v) is 6.88. The molecule has 0 radical (unpaired) electrons. The number of halogens is 2. The summed E-state index contributed by atoms with van der Waals surface area (Å²) in [6, 6.07) is 8.28. The van der Waals surface area contributed by atoms with E-state index in [1.54, 1.807) is 30.3 Å². The monoisotopic (exact) mass is 312 g/mol. The van der Waals surface area contributed by atoms with Gasteiger partial charge in [0, 0.05) is 17.2 Å². The third-order valence-corrected chi connectivity index (χ3v) is 2.96. The quantitative estimate of drug-likeness (QED) is 0.879. The Balaban J connectivity index is 2.22. The maximum Gasteiger partial charge on any atom is 0.240 e. The van der Waals surface area contributed by atoms with Gasteiger partial charge in [0.15, 0.2) is 0 Å². The van der Waals surface area contributed by atoms with Crippen LogP contribution in [0.1, 0.15) is 13.3 Å². The van der Waals surface area contributed by atoms with Crippen molar-refractivity contribution in [3.05, 3.63) is 40.4 Å². The molecule has 1 aromatic heterocycles. The highest BCUT2D eigenvalue weighted by Crippen LogP contribution is 2.32. The number of rotatable bonds is 5. The molecular weight excluding hydrogens is 299 g/mol. The Morgan fingerprint density at radius 2 is 2.00 bits per heavy atom. The van der Waals surface area contributed by atoms with Crippen LogP contribution in [0.5, 0.6) is 17.5 Å². The van der Waals surface area contributed by atoms with E-state index in [1.165, 1.54) is 0 Å². The van der Waals surface area contributed by atoms with Crippen molar-refractivity contribution < 1.29 is 9.47 Å². The molecule has 0 atom stereocenters. The second-order valence-electron chi connectivity index (χ2n) is 4.07. The number of ether oxygens (including phenoxy) is 2. The van der Waals surface area contributed by atoms with Gasteiger partial charge in [0.1, 0.15) is 5.75 Å². The van der Waals surface area contributed by atoms with E-state index in [1.807, 2.05) is 6.92 Å². The Morgan fingerprint density at radius 3 is 2.75 bits per heavy atom. The zero-order valence-corrected chi connectivity index (χ0v) is 12.4. The lowest BCUT2D eigenvalue weighted by Gasteiger charge is -2.10. The average molecular weight is 313 g/mol. The number of hydrogen-bond acceptors (Lipinski definition) is 4. The number of nitrogens with zero attached hydrogens (tertiary/aromatic N) is 1. The van der Waals surface area contributed by atoms with Crippen LogP contribution in [0.2, 0.25) is 10.0 Å². The summed E-state index contributed by atoms with van der Waals surface area (Å²) in [6.45, 7) is 2.54. The van der Waals surface area contributed by atoms with E-state index in [0.717, 1.165) is 6.42 Å². The summed E-state index contributed by atoms with van der Waals surface area (Å²) in [7, 11) is 0. The molecule has 0 unspecified atom stereocenters. The van der Waals surface area contributed by atoms with Crippen LogP contribution in [-0.2, 0) is 0 Å². The summed E-state index contributed by atoms with van der Waals surface area (Å²) in [4.78, 5) is 4.20. The normalized spacial score (nSPS) is 10.3. The van der Waals surface area contributed by atoms with Gasteiger partial charge in [-0.25, -0.2) is 0 Å². The third-order valence-electron chi connectivity index (χ3n) is 2.41. The molecule has 0 bridgehead atoms. The first-order valence-electron chi connectivity index (χ1n) is 6.12. The number of benzene rings is 1. The summed E-state index contributed by atoms with van der Waals surface area (Å²) >= 11 is 11.9. The van der Waals surface area contributed by atoms with Crippen molar-refractivity contribution in [3.8, 4) is 17.5 Å². The highest BCUT2D eigenvalue weighted by Gasteiger charge is 2.08. The number of anilines is 1. The minimum Gasteiger partial charge on any atom is -0.476 e. The minimum absolute atomic E-state index is 0.342. The first-order chi connectivity index (χ1) is 9.60. The molecule has 2 rings (SSSR count). The molecular formula is C14H14Cl2N2O2. The molecule has 6 heteroatoms. The summed E-state index contributed by atoms with van der Waals surface area (Å²) in [5.74, 6) is 1.12. The Kier molecular flexibility index (Phi) is 4.93. The second kappa shape index (κ2) is 6.68. The van der Waals surface area contributed by atoms with Gasteiger partial charge in [-0.2, -0.15) is 4.98 Å². The zero-order valence-electron chi connectivity index (χ0n) is 10.9. The molecule has 1 aromatic carbocycles. The molecule has 20 heavy (non-hydrogen) atoms. The molecule has 0 spiro atoms. The lowest BCUT2D eigenvalue weighted by atomic mass is 10.3. The highest BCUT2D eigenvalue weighted by molar-refractivity contribution is 6.34. The number of aromatic nitrogens is 1. The summed E-state index contributed by atoms with van der Waals surface area (Å²) in [5, 5.41) is 0.978. The van der Waals surface area contributed by atoms with E-state index in [9.17, 15) is 0 Å². The topological polar surface area (TPSA) is 57.4 Å². The van der Waals surface area contributed by atoms with E-state index < -0.39 is 0 Å². The molecule has 0 aliphatic heterocycles. The molecule has 0 amide bonds. The Labute approximate surface area is 127 Å². The van der Waals surface area contributed by atoms with E-state index in [0.29, 0.717) is 39.8 Å². The van der Waals surface area contributed by atoms with Gasteiger partial charge >= 0.3 is 0 Å². The summed E-state index contributed by atoms with van der Waals surface area (Å²) < 4.78 is 11.0. The van der Waals surface area contributed by atoms with Gasteiger partial charge in [-0.15, -0.1) is 0 Å². The lowest BCUT2D eigenvalue weighted by Crippen LogP contribution is -2.02. The summed E-state index contributed by atoms with van der Waals surface area (Å²) in [6.07, 6.45) is 0.867. The van der Waals surface area contributed by atoms with Gasteiger partial charge in [-0.3, -0.25) is 0 Å². The predicted molar refractivity (Wildman–Crippen MR) is 81.0 cm³/mol. The molecule has 0 aliphatic rings. The molecule has 4 nitrogen and oxygen atoms in total. The SMILES string of the molecule is CCCOc1nc(Oc2cc(Cl)ccc2Cl)ccc1N. The van der Waals surface area contributed by atoms with Crippen molar-refractivity contribution >= 4 is 28.9 Å². The van der Waals surface area contributed by atoms with E-state index >= 15 is 0 Å². The van der Waals surface area contributed by atoms with Crippen LogP contribution < -0.4 is 15.2 Å². The van der Waals surface area contributed by atoms with Crippen molar-refractivity contribution in [2.75, 3.05) is 12.3 Å². The van der Waals surface area contributed by atoms with Crippen molar-refractivity contribution in [2.45, 2.75) is 13.3 Å². The molecule has 0 saturated heterocycles. The Morgan fingerprint density at radius 1 is 1.20 bits per heavy atom. The standard InChI is InChI=1S/C14H14Cl2N2O2/c1-2-7-19-14-11(17)5-6-13(18-14)20-12-8-9(15)3-4-10(12)16/h3-6,8H,2,7,17H2,1H3. The third kappa shape index (κ3) is 3.68. The largest absolute Gasteiger partial charge is 0.476 e. The van der Waals surface area contributed by atoms with Gasteiger partial charge in [-0.05, 0) is 24.6 Å². The lowest BCUT2D eigenvalue weighted by molar-refractivity contribution is 0.302. The summed E-state index contributed by atoms with van der Waals surface area (Å²) in [5.41, 5.74) is 6.25. The predicted octanol–water partition coefficient (Wildman–Crippen LogP) is 4.55. The van der Waals surface area contributed by atoms with Gasteiger partial charge < -0.3 is 15.2 Å².